The first-order valence-corrected chi connectivity index (χ1v) is 11.5. The van der Waals surface area contributed by atoms with Gasteiger partial charge in [0.25, 0.3) is 5.91 Å². The molecule has 5 nitrogen and oxygen atoms in total. The molecule has 0 bridgehead atoms. The van der Waals surface area contributed by atoms with Gasteiger partial charge in [0, 0.05) is 18.8 Å². The molecule has 1 saturated heterocycles. The van der Waals surface area contributed by atoms with Crippen LogP contribution in [-0.4, -0.2) is 36.4 Å². The van der Waals surface area contributed by atoms with Gasteiger partial charge in [0.2, 0.25) is 5.91 Å². The zero-order chi connectivity index (χ0) is 21.7. The maximum absolute atomic E-state index is 13.3. The molecule has 31 heavy (non-hydrogen) atoms. The lowest BCUT2D eigenvalue weighted by Crippen LogP contribution is -2.38. The summed E-state index contributed by atoms with van der Waals surface area (Å²) in [4.78, 5) is 27.4. The minimum atomic E-state index is -0.455. The molecule has 0 spiro atoms. The summed E-state index contributed by atoms with van der Waals surface area (Å²) >= 11 is 0. The molecule has 1 heterocycles. The van der Waals surface area contributed by atoms with Crippen molar-refractivity contribution in [1.29, 1.82) is 0 Å². The maximum atomic E-state index is 13.3. The van der Waals surface area contributed by atoms with E-state index in [-0.39, 0.29) is 18.4 Å². The van der Waals surface area contributed by atoms with Crippen LogP contribution in [0.25, 0.3) is 0 Å². The Hall–Kier alpha value is -2.82. The van der Waals surface area contributed by atoms with Gasteiger partial charge in [-0.1, -0.05) is 42.7 Å². The molecule has 0 radical (unpaired) electrons. The minimum absolute atomic E-state index is 0.0401. The summed E-state index contributed by atoms with van der Waals surface area (Å²) in [6.45, 7) is 3.78. The Morgan fingerprint density at radius 2 is 1.55 bits per heavy atom. The van der Waals surface area contributed by atoms with Crippen molar-refractivity contribution in [3.8, 4) is 5.75 Å². The largest absolute Gasteiger partial charge is 0.484 e. The number of benzene rings is 2. The zero-order valence-corrected chi connectivity index (χ0v) is 18.4. The molecule has 0 unspecified atom stereocenters. The highest BCUT2D eigenvalue weighted by molar-refractivity contribution is 5.99. The number of rotatable bonds is 6. The Bertz CT molecular complexity index is 893. The van der Waals surface area contributed by atoms with Crippen molar-refractivity contribution in [3.05, 3.63) is 59.7 Å². The number of amides is 2. The molecule has 0 aromatic heterocycles. The van der Waals surface area contributed by atoms with Crippen molar-refractivity contribution in [1.82, 2.24) is 4.90 Å². The number of carbonyl (C=O) groups excluding carboxylic acids is 2. The summed E-state index contributed by atoms with van der Waals surface area (Å²) in [6, 6.07) is 15.7. The predicted molar refractivity (Wildman–Crippen MR) is 122 cm³/mol. The molecular formula is C26H32N2O3. The Labute approximate surface area is 184 Å². The highest BCUT2D eigenvalue weighted by atomic mass is 16.5. The monoisotopic (exact) mass is 420 g/mol. The van der Waals surface area contributed by atoms with Gasteiger partial charge >= 0.3 is 0 Å². The molecule has 164 valence electrons. The SMILES string of the molecule is Cc1ccc(C2(C(=O)Nc3ccc(OCC(=O)N4CCCCC4)cc3)CCCC2)cc1. The van der Waals surface area contributed by atoms with E-state index in [4.69, 9.17) is 4.74 Å². The third kappa shape index (κ3) is 4.92. The lowest BCUT2D eigenvalue weighted by atomic mass is 9.77. The van der Waals surface area contributed by atoms with Crippen LogP contribution < -0.4 is 10.1 Å². The highest BCUT2D eigenvalue weighted by Crippen LogP contribution is 2.42. The van der Waals surface area contributed by atoms with E-state index in [2.05, 4.69) is 36.5 Å². The van der Waals surface area contributed by atoms with Crippen LogP contribution in [0.15, 0.2) is 48.5 Å². The molecule has 0 atom stereocenters. The van der Waals surface area contributed by atoms with Gasteiger partial charge in [0.05, 0.1) is 5.41 Å². The Morgan fingerprint density at radius 1 is 0.903 bits per heavy atom. The molecule has 2 fully saturated rings. The summed E-state index contributed by atoms with van der Waals surface area (Å²) in [5, 5.41) is 3.11. The molecule has 1 N–H and O–H groups in total. The molecule has 1 aliphatic carbocycles. The number of ether oxygens (including phenoxy) is 1. The van der Waals surface area contributed by atoms with E-state index in [0.29, 0.717) is 5.75 Å². The molecule has 1 aliphatic heterocycles. The van der Waals surface area contributed by atoms with Crippen LogP contribution in [-0.2, 0) is 15.0 Å². The molecule has 2 amide bonds. The average Bonchev–Trinajstić information content (AvgIpc) is 3.31. The first-order valence-electron chi connectivity index (χ1n) is 11.5. The number of anilines is 1. The lowest BCUT2D eigenvalue weighted by Gasteiger charge is -2.28. The van der Waals surface area contributed by atoms with E-state index in [1.165, 1.54) is 12.0 Å². The van der Waals surface area contributed by atoms with Gasteiger partial charge in [-0.3, -0.25) is 9.59 Å². The van der Waals surface area contributed by atoms with Gasteiger partial charge < -0.3 is 15.0 Å². The van der Waals surface area contributed by atoms with Crippen LogP contribution >= 0.6 is 0 Å². The Morgan fingerprint density at radius 3 is 2.19 bits per heavy atom. The fourth-order valence-corrected chi connectivity index (χ4v) is 4.76. The van der Waals surface area contributed by atoms with Gasteiger partial charge in [-0.05, 0) is 68.9 Å². The van der Waals surface area contributed by atoms with Gasteiger partial charge in [-0.15, -0.1) is 0 Å². The summed E-state index contributed by atoms with van der Waals surface area (Å²) in [6.07, 6.45) is 7.24. The van der Waals surface area contributed by atoms with Crippen molar-refractivity contribution in [2.24, 2.45) is 0 Å². The van der Waals surface area contributed by atoms with Crippen LogP contribution in [0.5, 0.6) is 5.75 Å². The number of likely N-dealkylation sites (tertiary alicyclic amines) is 1. The van der Waals surface area contributed by atoms with E-state index >= 15 is 0 Å². The molecule has 4 rings (SSSR count). The summed E-state index contributed by atoms with van der Waals surface area (Å²) in [7, 11) is 0. The first-order chi connectivity index (χ1) is 15.1. The number of nitrogens with zero attached hydrogens (tertiary/aromatic N) is 1. The van der Waals surface area contributed by atoms with Crippen molar-refractivity contribution >= 4 is 17.5 Å². The number of carbonyl (C=O) groups is 2. The van der Waals surface area contributed by atoms with Crippen LogP contribution in [0.3, 0.4) is 0 Å². The lowest BCUT2D eigenvalue weighted by molar-refractivity contribution is -0.134. The number of nitrogens with one attached hydrogen (secondary N) is 1. The fraction of sp³-hybridized carbons (Fsp3) is 0.462. The second-order valence-corrected chi connectivity index (χ2v) is 8.86. The van der Waals surface area contributed by atoms with Gasteiger partial charge in [0.15, 0.2) is 6.61 Å². The first kappa shape index (κ1) is 21.4. The second kappa shape index (κ2) is 9.54. The van der Waals surface area contributed by atoms with E-state index < -0.39 is 5.41 Å². The van der Waals surface area contributed by atoms with E-state index in [1.54, 1.807) is 0 Å². The van der Waals surface area contributed by atoms with Crippen molar-refractivity contribution in [2.75, 3.05) is 25.0 Å². The number of hydrogen-bond donors (Lipinski definition) is 1. The van der Waals surface area contributed by atoms with Crippen molar-refractivity contribution < 1.29 is 14.3 Å². The van der Waals surface area contributed by atoms with Crippen LogP contribution in [0, 0.1) is 6.92 Å². The third-order valence-corrected chi connectivity index (χ3v) is 6.68. The van der Waals surface area contributed by atoms with Gasteiger partial charge in [-0.2, -0.15) is 0 Å². The highest BCUT2D eigenvalue weighted by Gasteiger charge is 2.42. The molecule has 2 aromatic rings. The van der Waals surface area contributed by atoms with Crippen LogP contribution in [0.2, 0.25) is 0 Å². The Balaban J connectivity index is 1.37. The number of hydrogen-bond acceptors (Lipinski definition) is 3. The quantitative estimate of drug-likeness (QED) is 0.728. The average molecular weight is 421 g/mol. The standard InChI is InChI=1S/C26H32N2O3/c1-20-7-9-21(10-8-20)26(15-3-4-16-26)25(30)27-22-11-13-23(14-12-22)31-19-24(29)28-17-5-2-6-18-28/h7-14H,2-6,15-19H2,1H3,(H,27,30). The van der Waals surface area contributed by atoms with Gasteiger partial charge in [-0.25, -0.2) is 0 Å². The maximum Gasteiger partial charge on any atom is 0.260 e. The van der Waals surface area contributed by atoms with E-state index in [1.807, 2.05) is 29.2 Å². The zero-order valence-electron chi connectivity index (χ0n) is 18.4. The normalized spacial score (nSPS) is 17.9. The summed E-state index contributed by atoms with van der Waals surface area (Å²) < 4.78 is 5.68. The predicted octanol–water partition coefficient (Wildman–Crippen LogP) is 4.84. The topological polar surface area (TPSA) is 58.6 Å². The second-order valence-electron chi connectivity index (χ2n) is 8.86. The number of piperidine rings is 1. The molecule has 2 aromatic carbocycles. The third-order valence-electron chi connectivity index (χ3n) is 6.68. The van der Waals surface area contributed by atoms with E-state index in [0.717, 1.165) is 62.9 Å². The number of aryl methyl sites for hydroxylation is 1. The smallest absolute Gasteiger partial charge is 0.260 e. The van der Waals surface area contributed by atoms with Crippen LogP contribution in [0.1, 0.15) is 56.1 Å². The molecule has 1 saturated carbocycles. The fourth-order valence-electron chi connectivity index (χ4n) is 4.76. The molecule has 2 aliphatic rings. The Kier molecular flexibility index (Phi) is 6.59. The van der Waals surface area contributed by atoms with Crippen molar-refractivity contribution in [3.63, 3.8) is 0 Å². The summed E-state index contributed by atoms with van der Waals surface area (Å²) in [5.74, 6) is 0.735. The molecular weight excluding hydrogens is 388 g/mol. The minimum Gasteiger partial charge on any atom is -0.484 e. The van der Waals surface area contributed by atoms with Crippen molar-refractivity contribution in [2.45, 2.75) is 57.3 Å². The van der Waals surface area contributed by atoms with E-state index in [9.17, 15) is 9.59 Å². The molecule has 5 heteroatoms. The van der Waals surface area contributed by atoms with Gasteiger partial charge in [0.1, 0.15) is 5.75 Å². The summed E-state index contributed by atoms with van der Waals surface area (Å²) in [5.41, 5.74) is 2.60. The van der Waals surface area contributed by atoms with Crippen LogP contribution in [0.4, 0.5) is 5.69 Å².